The molecule has 0 unspecified atom stereocenters. The lowest BCUT2D eigenvalue weighted by molar-refractivity contribution is 0.625. The summed E-state index contributed by atoms with van der Waals surface area (Å²) in [6.45, 7) is 0. The predicted octanol–water partition coefficient (Wildman–Crippen LogP) is 3.06. The third kappa shape index (κ3) is 1.88. The second-order valence-corrected chi connectivity index (χ2v) is 3.84. The summed E-state index contributed by atoms with van der Waals surface area (Å²) in [5.74, 6) is -0.286. The van der Waals surface area contributed by atoms with Crippen LogP contribution in [0.25, 0.3) is 11.0 Å². The number of benzene rings is 2. The average Bonchev–Trinajstić information content (AvgIpc) is 2.81. The molecule has 3 nitrogen and oxygen atoms in total. The first-order valence-corrected chi connectivity index (χ1v) is 5.55. The van der Waals surface area contributed by atoms with Gasteiger partial charge in [-0.3, -0.25) is 0 Å². The van der Waals surface area contributed by atoms with Crippen LogP contribution < -0.4 is 0 Å². The van der Waals surface area contributed by atoms with E-state index in [2.05, 4.69) is 10.1 Å². The minimum Gasteiger partial charge on any atom is -0.235 e. The van der Waals surface area contributed by atoms with Gasteiger partial charge in [-0.05, 0) is 18.2 Å². The van der Waals surface area contributed by atoms with Crippen LogP contribution in [0, 0.1) is 5.82 Å². The normalized spacial score (nSPS) is 11.4. The molecule has 0 N–H and O–H groups in total. The molecule has 0 saturated heterocycles. The second-order valence-electron chi connectivity index (χ2n) is 3.84. The second kappa shape index (κ2) is 4.41. The van der Waals surface area contributed by atoms with Crippen molar-refractivity contribution in [2.24, 2.45) is 5.10 Å². The highest BCUT2D eigenvalue weighted by molar-refractivity contribution is 5.81. The summed E-state index contributed by atoms with van der Waals surface area (Å²) >= 11 is 0. The summed E-state index contributed by atoms with van der Waals surface area (Å²) in [7, 11) is 0. The fourth-order valence-electron chi connectivity index (χ4n) is 1.74. The number of rotatable bonds is 2. The molecule has 1 heterocycles. The minimum absolute atomic E-state index is 0.286. The van der Waals surface area contributed by atoms with E-state index >= 15 is 0 Å². The van der Waals surface area contributed by atoms with Gasteiger partial charge in [0.25, 0.3) is 0 Å². The Kier molecular flexibility index (Phi) is 2.61. The van der Waals surface area contributed by atoms with Crippen LogP contribution in [0.3, 0.4) is 0 Å². The highest BCUT2D eigenvalue weighted by Gasteiger charge is 2.00. The number of imidazole rings is 1. The highest BCUT2D eigenvalue weighted by atomic mass is 19.1. The standard InChI is InChI=1S/C14H10FN3/c15-12-6-2-1-5-11(12)9-17-18-10-16-13-7-3-4-8-14(13)18/h1-10H. The van der Waals surface area contributed by atoms with Gasteiger partial charge >= 0.3 is 0 Å². The molecule has 3 rings (SSSR count). The maximum absolute atomic E-state index is 13.4. The van der Waals surface area contributed by atoms with Crippen LogP contribution in [0.4, 0.5) is 4.39 Å². The van der Waals surface area contributed by atoms with Crippen molar-refractivity contribution in [3.63, 3.8) is 0 Å². The number of hydrogen-bond donors (Lipinski definition) is 0. The monoisotopic (exact) mass is 239 g/mol. The van der Waals surface area contributed by atoms with Crippen LogP contribution in [-0.4, -0.2) is 15.9 Å². The Hall–Kier alpha value is -2.49. The molecule has 4 heteroatoms. The topological polar surface area (TPSA) is 30.2 Å². The molecule has 3 aromatic rings. The Bertz CT molecular complexity index is 716. The van der Waals surface area contributed by atoms with Crippen molar-refractivity contribution < 1.29 is 4.39 Å². The number of para-hydroxylation sites is 2. The van der Waals surface area contributed by atoms with E-state index in [1.165, 1.54) is 12.3 Å². The molecule has 0 spiro atoms. The third-order valence-electron chi connectivity index (χ3n) is 2.66. The quantitative estimate of drug-likeness (QED) is 0.632. The van der Waals surface area contributed by atoms with Gasteiger partial charge in [-0.2, -0.15) is 5.10 Å². The van der Waals surface area contributed by atoms with Gasteiger partial charge in [0.2, 0.25) is 0 Å². The molecule has 0 aliphatic carbocycles. The Morgan fingerprint density at radius 3 is 2.72 bits per heavy atom. The van der Waals surface area contributed by atoms with Gasteiger partial charge in [0, 0.05) is 5.56 Å². The van der Waals surface area contributed by atoms with E-state index in [0.717, 1.165) is 11.0 Å². The van der Waals surface area contributed by atoms with E-state index in [1.54, 1.807) is 29.2 Å². The van der Waals surface area contributed by atoms with Crippen molar-refractivity contribution >= 4 is 17.2 Å². The molecule has 0 amide bonds. The van der Waals surface area contributed by atoms with Crippen LogP contribution in [-0.2, 0) is 0 Å². The van der Waals surface area contributed by atoms with Gasteiger partial charge in [-0.25, -0.2) is 14.1 Å². The third-order valence-corrected chi connectivity index (χ3v) is 2.66. The predicted molar refractivity (Wildman–Crippen MR) is 69.1 cm³/mol. The van der Waals surface area contributed by atoms with Crippen LogP contribution >= 0.6 is 0 Å². The van der Waals surface area contributed by atoms with Crippen molar-refractivity contribution in [1.82, 2.24) is 9.66 Å². The van der Waals surface area contributed by atoms with Crippen LogP contribution in [0.15, 0.2) is 60.0 Å². The van der Waals surface area contributed by atoms with E-state index in [-0.39, 0.29) is 5.82 Å². The zero-order chi connectivity index (χ0) is 12.4. The molecular formula is C14H10FN3. The lowest BCUT2D eigenvalue weighted by Crippen LogP contribution is -1.91. The molecule has 0 aliphatic rings. The molecule has 18 heavy (non-hydrogen) atoms. The van der Waals surface area contributed by atoms with Gasteiger partial charge in [-0.15, -0.1) is 0 Å². The van der Waals surface area contributed by atoms with E-state index in [9.17, 15) is 4.39 Å². The number of aromatic nitrogens is 2. The summed E-state index contributed by atoms with van der Waals surface area (Å²) in [5, 5.41) is 4.21. The zero-order valence-corrected chi connectivity index (χ0v) is 9.49. The van der Waals surface area contributed by atoms with E-state index in [0.29, 0.717) is 5.56 Å². The van der Waals surface area contributed by atoms with Gasteiger partial charge in [-0.1, -0.05) is 30.3 Å². The molecule has 2 aromatic carbocycles. The molecule has 1 aromatic heterocycles. The first-order chi connectivity index (χ1) is 8.84. The summed E-state index contributed by atoms with van der Waals surface area (Å²) in [5.41, 5.74) is 2.21. The molecular weight excluding hydrogens is 229 g/mol. The molecule has 0 aliphatic heterocycles. The van der Waals surface area contributed by atoms with Crippen LogP contribution in [0.1, 0.15) is 5.56 Å². The smallest absolute Gasteiger partial charge is 0.132 e. The summed E-state index contributed by atoms with van der Waals surface area (Å²) in [6.07, 6.45) is 3.10. The van der Waals surface area contributed by atoms with Crippen LogP contribution in [0.2, 0.25) is 0 Å². The first-order valence-electron chi connectivity index (χ1n) is 5.55. The zero-order valence-electron chi connectivity index (χ0n) is 9.49. The Morgan fingerprint density at radius 2 is 1.83 bits per heavy atom. The highest BCUT2D eigenvalue weighted by Crippen LogP contribution is 2.11. The van der Waals surface area contributed by atoms with Crippen molar-refractivity contribution in [3.05, 3.63) is 66.2 Å². The maximum atomic E-state index is 13.4. The molecule has 0 fully saturated rings. The molecule has 0 atom stereocenters. The van der Waals surface area contributed by atoms with Crippen LogP contribution in [0.5, 0.6) is 0 Å². The van der Waals surface area contributed by atoms with Crippen molar-refractivity contribution in [2.45, 2.75) is 0 Å². The van der Waals surface area contributed by atoms with E-state index in [4.69, 9.17) is 0 Å². The average molecular weight is 239 g/mol. The van der Waals surface area contributed by atoms with E-state index in [1.807, 2.05) is 24.3 Å². The lowest BCUT2D eigenvalue weighted by atomic mass is 10.2. The molecule has 0 saturated carbocycles. The Labute approximate surface area is 103 Å². The fraction of sp³-hybridized carbons (Fsp3) is 0. The SMILES string of the molecule is Fc1ccccc1C=Nn1cnc2ccccc21. The molecule has 88 valence electrons. The maximum Gasteiger partial charge on any atom is 0.132 e. The van der Waals surface area contributed by atoms with Gasteiger partial charge in [0.1, 0.15) is 12.1 Å². The molecule has 0 radical (unpaired) electrons. The van der Waals surface area contributed by atoms with Crippen molar-refractivity contribution in [1.29, 1.82) is 0 Å². The minimum atomic E-state index is -0.286. The van der Waals surface area contributed by atoms with Gasteiger partial charge in [0.15, 0.2) is 0 Å². The van der Waals surface area contributed by atoms with E-state index < -0.39 is 0 Å². The summed E-state index contributed by atoms with van der Waals surface area (Å²) in [4.78, 5) is 4.21. The first kappa shape index (κ1) is 10.7. The number of fused-ring (bicyclic) bond motifs is 1. The van der Waals surface area contributed by atoms with Crippen molar-refractivity contribution in [2.75, 3.05) is 0 Å². The van der Waals surface area contributed by atoms with Crippen molar-refractivity contribution in [3.8, 4) is 0 Å². The molecule has 0 bridgehead atoms. The summed E-state index contributed by atoms with van der Waals surface area (Å²) in [6, 6.07) is 14.2. The largest absolute Gasteiger partial charge is 0.235 e. The number of nitrogens with zero attached hydrogens (tertiary/aromatic N) is 3. The lowest BCUT2D eigenvalue weighted by Gasteiger charge is -1.97. The summed E-state index contributed by atoms with van der Waals surface area (Å²) < 4.78 is 15.0. The number of hydrogen-bond acceptors (Lipinski definition) is 2. The Balaban J connectivity index is 2.00. The van der Waals surface area contributed by atoms with Gasteiger partial charge < -0.3 is 0 Å². The Morgan fingerprint density at radius 1 is 1.06 bits per heavy atom. The number of halogens is 1. The fourth-order valence-corrected chi connectivity index (χ4v) is 1.74. The van der Waals surface area contributed by atoms with Gasteiger partial charge in [0.05, 0.1) is 17.2 Å².